The van der Waals surface area contributed by atoms with E-state index in [-0.39, 0.29) is 23.3 Å². The van der Waals surface area contributed by atoms with Gasteiger partial charge in [-0.2, -0.15) is 0 Å². The van der Waals surface area contributed by atoms with E-state index in [1.807, 2.05) is 23.6 Å². The van der Waals surface area contributed by atoms with Crippen LogP contribution in [0, 0.1) is 0 Å². The molecule has 0 radical (unpaired) electrons. The number of anilines is 2. The first kappa shape index (κ1) is 28.0. The van der Waals surface area contributed by atoms with Crippen molar-refractivity contribution in [3.63, 3.8) is 0 Å². The lowest BCUT2D eigenvalue weighted by molar-refractivity contribution is -0.114. The molecule has 7 nitrogen and oxygen atoms in total. The standard InChI is InChI=1S/C29H24ClN3O4S2/c1-37-26-14-9-20(30)16-24(26)32-27(34)18-39-22-12-10-21(11-13-22)31-29(36)25(17-23-8-5-15-38-23)33-28(35)19-6-3-2-4-7-19/h2-17H,18H2,1H3,(H,31,36)(H,32,34)(H,33,35)/b25-17-. The van der Waals surface area contributed by atoms with E-state index in [1.54, 1.807) is 72.8 Å². The Morgan fingerprint density at radius 3 is 2.41 bits per heavy atom. The molecule has 1 heterocycles. The van der Waals surface area contributed by atoms with Gasteiger partial charge in [0.05, 0.1) is 18.6 Å². The van der Waals surface area contributed by atoms with Crippen LogP contribution in [-0.4, -0.2) is 30.6 Å². The summed E-state index contributed by atoms with van der Waals surface area (Å²) in [6.07, 6.45) is 1.64. The van der Waals surface area contributed by atoms with Gasteiger partial charge in [-0.25, -0.2) is 0 Å². The molecule has 10 heteroatoms. The Balaban J connectivity index is 1.37. The van der Waals surface area contributed by atoms with Gasteiger partial charge in [0.25, 0.3) is 11.8 Å². The van der Waals surface area contributed by atoms with E-state index < -0.39 is 5.91 Å². The lowest BCUT2D eigenvalue weighted by Crippen LogP contribution is -2.30. The number of hydrogen-bond donors (Lipinski definition) is 3. The van der Waals surface area contributed by atoms with Crippen LogP contribution in [0.25, 0.3) is 6.08 Å². The lowest BCUT2D eigenvalue weighted by atomic mass is 10.2. The quantitative estimate of drug-likeness (QED) is 0.147. The minimum atomic E-state index is -0.456. The van der Waals surface area contributed by atoms with Gasteiger partial charge >= 0.3 is 0 Å². The number of thiophene rings is 1. The molecule has 0 aliphatic carbocycles. The second kappa shape index (κ2) is 13.7. The highest BCUT2D eigenvalue weighted by atomic mass is 35.5. The highest BCUT2D eigenvalue weighted by Crippen LogP contribution is 2.28. The van der Waals surface area contributed by atoms with Crippen LogP contribution in [0.4, 0.5) is 11.4 Å². The highest BCUT2D eigenvalue weighted by Gasteiger charge is 2.15. The van der Waals surface area contributed by atoms with E-state index in [0.717, 1.165) is 9.77 Å². The zero-order valence-electron chi connectivity index (χ0n) is 20.8. The molecule has 3 N–H and O–H groups in total. The molecule has 3 aromatic carbocycles. The van der Waals surface area contributed by atoms with E-state index in [4.69, 9.17) is 16.3 Å². The number of hydrogen-bond acceptors (Lipinski definition) is 6. The number of rotatable bonds is 10. The molecular weight excluding hydrogens is 554 g/mol. The molecule has 0 aliphatic heterocycles. The van der Waals surface area contributed by atoms with E-state index in [2.05, 4.69) is 16.0 Å². The predicted molar refractivity (Wildman–Crippen MR) is 159 cm³/mol. The van der Waals surface area contributed by atoms with Crippen LogP contribution in [0.2, 0.25) is 5.02 Å². The molecule has 0 saturated heterocycles. The lowest BCUT2D eigenvalue weighted by Gasteiger charge is -2.12. The Bertz CT molecular complexity index is 1470. The normalized spacial score (nSPS) is 11.0. The van der Waals surface area contributed by atoms with Crippen molar-refractivity contribution in [2.45, 2.75) is 4.90 Å². The zero-order chi connectivity index (χ0) is 27.6. The molecular formula is C29H24ClN3O4S2. The smallest absolute Gasteiger partial charge is 0.272 e. The molecule has 0 fully saturated rings. The third-order valence-corrected chi connectivity index (χ3v) is 7.34. The summed E-state index contributed by atoms with van der Waals surface area (Å²) in [6, 6.07) is 24.5. The number of benzene rings is 3. The van der Waals surface area contributed by atoms with Gasteiger partial charge in [-0.05, 0) is 72.1 Å². The monoisotopic (exact) mass is 577 g/mol. The van der Waals surface area contributed by atoms with Crippen LogP contribution in [0.1, 0.15) is 15.2 Å². The van der Waals surface area contributed by atoms with Crippen molar-refractivity contribution in [2.24, 2.45) is 0 Å². The van der Waals surface area contributed by atoms with Crippen molar-refractivity contribution in [3.05, 3.63) is 111 Å². The van der Waals surface area contributed by atoms with Crippen LogP contribution >= 0.6 is 34.7 Å². The summed E-state index contributed by atoms with van der Waals surface area (Å²) in [6.45, 7) is 0. The number of carbonyl (C=O) groups excluding carboxylic acids is 3. The molecule has 198 valence electrons. The van der Waals surface area contributed by atoms with E-state index >= 15 is 0 Å². The Labute approximate surface area is 239 Å². The number of ether oxygens (including phenoxy) is 1. The number of carbonyl (C=O) groups is 3. The molecule has 39 heavy (non-hydrogen) atoms. The van der Waals surface area contributed by atoms with E-state index in [0.29, 0.717) is 27.7 Å². The summed E-state index contributed by atoms with van der Waals surface area (Å²) in [5, 5.41) is 10.7. The Kier molecular flexibility index (Phi) is 9.80. The molecule has 3 amide bonds. The topological polar surface area (TPSA) is 96.5 Å². The Morgan fingerprint density at radius 2 is 1.72 bits per heavy atom. The van der Waals surface area contributed by atoms with Gasteiger partial charge < -0.3 is 20.7 Å². The van der Waals surface area contributed by atoms with E-state index in [9.17, 15) is 14.4 Å². The van der Waals surface area contributed by atoms with Gasteiger partial charge in [0, 0.05) is 26.0 Å². The molecule has 0 bridgehead atoms. The molecule has 0 atom stereocenters. The fourth-order valence-corrected chi connectivity index (χ4v) is 4.93. The van der Waals surface area contributed by atoms with Gasteiger partial charge in [-0.3, -0.25) is 14.4 Å². The van der Waals surface area contributed by atoms with Crippen LogP contribution in [0.3, 0.4) is 0 Å². The van der Waals surface area contributed by atoms with Gasteiger partial charge in [0.2, 0.25) is 5.91 Å². The molecule has 0 saturated carbocycles. The molecule has 1 aromatic heterocycles. The number of amides is 3. The molecule has 0 spiro atoms. The van der Waals surface area contributed by atoms with Crippen molar-refractivity contribution in [1.29, 1.82) is 0 Å². The highest BCUT2D eigenvalue weighted by molar-refractivity contribution is 8.00. The summed E-state index contributed by atoms with van der Waals surface area (Å²) in [4.78, 5) is 39.9. The predicted octanol–water partition coefficient (Wildman–Crippen LogP) is 6.55. The van der Waals surface area contributed by atoms with Gasteiger partial charge in [0.1, 0.15) is 11.4 Å². The van der Waals surface area contributed by atoms with E-state index in [1.165, 1.54) is 30.2 Å². The SMILES string of the molecule is COc1ccc(Cl)cc1NC(=O)CSc1ccc(NC(=O)/C(=C/c2cccs2)NC(=O)c2ccccc2)cc1. The third kappa shape index (κ3) is 8.22. The van der Waals surface area contributed by atoms with Crippen LogP contribution < -0.4 is 20.7 Å². The average Bonchev–Trinajstić information content (AvgIpc) is 3.46. The van der Waals surface area contributed by atoms with Gasteiger partial charge in [0.15, 0.2) is 0 Å². The largest absolute Gasteiger partial charge is 0.495 e. The molecule has 0 aliphatic rings. The summed E-state index contributed by atoms with van der Waals surface area (Å²) in [5.74, 6) is -0.363. The second-order valence-corrected chi connectivity index (χ2v) is 10.5. The van der Waals surface area contributed by atoms with Gasteiger partial charge in [-0.15, -0.1) is 23.1 Å². The number of thioether (sulfide) groups is 1. The molecule has 4 aromatic rings. The fraction of sp³-hybridized carbons (Fsp3) is 0.0690. The van der Waals surface area contributed by atoms with Crippen LogP contribution in [-0.2, 0) is 9.59 Å². The molecule has 0 unspecified atom stereocenters. The van der Waals surface area contributed by atoms with Crippen LogP contribution in [0.15, 0.2) is 101 Å². The number of nitrogens with one attached hydrogen (secondary N) is 3. The summed E-state index contributed by atoms with van der Waals surface area (Å²) in [7, 11) is 1.52. The zero-order valence-corrected chi connectivity index (χ0v) is 23.2. The Morgan fingerprint density at radius 1 is 0.949 bits per heavy atom. The van der Waals surface area contributed by atoms with Crippen molar-refractivity contribution < 1.29 is 19.1 Å². The van der Waals surface area contributed by atoms with Gasteiger partial charge in [-0.1, -0.05) is 35.9 Å². The fourth-order valence-electron chi connectivity index (χ4n) is 3.40. The maximum Gasteiger partial charge on any atom is 0.272 e. The van der Waals surface area contributed by atoms with Crippen molar-refractivity contribution in [2.75, 3.05) is 23.5 Å². The van der Waals surface area contributed by atoms with Crippen molar-refractivity contribution in [3.8, 4) is 5.75 Å². The maximum atomic E-state index is 13.1. The minimum Gasteiger partial charge on any atom is -0.495 e. The first-order valence-corrected chi connectivity index (χ1v) is 13.9. The number of halogens is 1. The first-order chi connectivity index (χ1) is 18.9. The maximum absolute atomic E-state index is 13.1. The molecule has 4 rings (SSSR count). The van der Waals surface area contributed by atoms with Crippen molar-refractivity contribution >= 4 is 69.9 Å². The minimum absolute atomic E-state index is 0.123. The average molecular weight is 578 g/mol. The second-order valence-electron chi connectivity index (χ2n) is 8.05. The van der Waals surface area contributed by atoms with Crippen LogP contribution in [0.5, 0.6) is 5.75 Å². The third-order valence-electron chi connectivity index (χ3n) is 5.28. The first-order valence-electron chi connectivity index (χ1n) is 11.7. The number of methoxy groups -OCH3 is 1. The Hall–Kier alpha value is -4.05. The summed E-state index contributed by atoms with van der Waals surface area (Å²) in [5.41, 5.74) is 1.61. The summed E-state index contributed by atoms with van der Waals surface area (Å²) >= 11 is 8.82. The van der Waals surface area contributed by atoms with Crippen molar-refractivity contribution in [1.82, 2.24) is 5.32 Å². The summed E-state index contributed by atoms with van der Waals surface area (Å²) < 4.78 is 5.26.